The fraction of sp³-hybridized carbons (Fsp3) is 0.375. The van der Waals surface area contributed by atoms with Crippen LogP contribution in [0.5, 0.6) is 5.75 Å². The Morgan fingerprint density at radius 1 is 1.43 bits per heavy atom. The Morgan fingerprint density at radius 3 is 2.81 bits per heavy atom. The van der Waals surface area contributed by atoms with Gasteiger partial charge in [-0.1, -0.05) is 13.0 Å². The van der Waals surface area contributed by atoms with Crippen molar-refractivity contribution in [3.05, 3.63) is 47.3 Å². The highest BCUT2D eigenvalue weighted by molar-refractivity contribution is 5.97. The van der Waals surface area contributed by atoms with E-state index in [1.165, 1.54) is 0 Å². The lowest BCUT2D eigenvalue weighted by Gasteiger charge is -2.15. The topological polar surface area (TPSA) is 67.2 Å². The molecule has 1 aromatic carbocycles. The van der Waals surface area contributed by atoms with Gasteiger partial charge < -0.3 is 10.4 Å². The van der Waals surface area contributed by atoms with E-state index in [1.54, 1.807) is 23.0 Å². The standard InChI is InChI=1S/C16H21N3O2/c1-4-12-5-6-15(20)14(10-12)16(21)18-11(2)9-13-7-8-17-19(13)3/h5-8,10-11,20H,4,9H2,1-3H3,(H,18,21)/t11-/m1/s1. The van der Waals surface area contributed by atoms with Crippen molar-refractivity contribution in [2.45, 2.75) is 32.7 Å². The number of aromatic hydroxyl groups is 1. The molecule has 0 spiro atoms. The smallest absolute Gasteiger partial charge is 0.255 e. The second-order valence-electron chi connectivity index (χ2n) is 5.23. The summed E-state index contributed by atoms with van der Waals surface area (Å²) in [6.07, 6.45) is 3.25. The van der Waals surface area contributed by atoms with Crippen molar-refractivity contribution >= 4 is 5.91 Å². The number of carbonyl (C=O) groups is 1. The van der Waals surface area contributed by atoms with Gasteiger partial charge in [0.15, 0.2) is 0 Å². The SMILES string of the molecule is CCc1ccc(O)c(C(=O)N[C@H](C)Cc2ccnn2C)c1. The van der Waals surface area contributed by atoms with Crippen molar-refractivity contribution < 1.29 is 9.90 Å². The minimum absolute atomic E-state index is 0.0115. The third kappa shape index (κ3) is 3.62. The van der Waals surface area contributed by atoms with Crippen LogP contribution in [0.4, 0.5) is 0 Å². The summed E-state index contributed by atoms with van der Waals surface area (Å²) in [6, 6.07) is 7.02. The first kappa shape index (κ1) is 15.1. The van der Waals surface area contributed by atoms with Crippen LogP contribution in [0.1, 0.15) is 35.5 Å². The van der Waals surface area contributed by atoms with Crippen LogP contribution < -0.4 is 5.32 Å². The highest BCUT2D eigenvalue weighted by Crippen LogP contribution is 2.19. The van der Waals surface area contributed by atoms with Crippen LogP contribution in [-0.2, 0) is 19.9 Å². The first-order valence-electron chi connectivity index (χ1n) is 7.11. The van der Waals surface area contributed by atoms with Gasteiger partial charge in [-0.05, 0) is 37.1 Å². The zero-order valence-electron chi connectivity index (χ0n) is 12.6. The summed E-state index contributed by atoms with van der Waals surface area (Å²) in [5.41, 5.74) is 2.40. The van der Waals surface area contributed by atoms with E-state index in [0.717, 1.165) is 17.7 Å². The molecule has 0 saturated heterocycles. The number of hydrogen-bond acceptors (Lipinski definition) is 3. The third-order valence-electron chi connectivity index (χ3n) is 3.53. The van der Waals surface area contributed by atoms with Crippen LogP contribution in [0, 0.1) is 0 Å². The molecule has 2 rings (SSSR count). The van der Waals surface area contributed by atoms with Crippen LogP contribution in [0.2, 0.25) is 0 Å². The Balaban J connectivity index is 2.05. The molecule has 0 unspecified atom stereocenters. The lowest BCUT2D eigenvalue weighted by atomic mass is 10.1. The molecule has 1 amide bonds. The van der Waals surface area contributed by atoms with Gasteiger partial charge in [0.2, 0.25) is 0 Å². The Labute approximate surface area is 124 Å². The van der Waals surface area contributed by atoms with Gasteiger partial charge in [-0.15, -0.1) is 0 Å². The largest absolute Gasteiger partial charge is 0.507 e. The van der Waals surface area contributed by atoms with E-state index in [9.17, 15) is 9.90 Å². The van der Waals surface area contributed by atoms with Crippen LogP contribution >= 0.6 is 0 Å². The lowest BCUT2D eigenvalue weighted by molar-refractivity contribution is 0.0937. The van der Waals surface area contributed by atoms with Crippen LogP contribution in [0.15, 0.2) is 30.5 Å². The maximum absolute atomic E-state index is 12.3. The van der Waals surface area contributed by atoms with Gasteiger partial charge in [0, 0.05) is 31.4 Å². The molecule has 0 aliphatic rings. The van der Waals surface area contributed by atoms with Crippen LogP contribution in [0.3, 0.4) is 0 Å². The van der Waals surface area contributed by atoms with Crippen molar-refractivity contribution in [1.29, 1.82) is 0 Å². The number of aryl methyl sites for hydroxylation is 2. The van der Waals surface area contributed by atoms with E-state index >= 15 is 0 Å². The highest BCUT2D eigenvalue weighted by Gasteiger charge is 2.15. The first-order valence-corrected chi connectivity index (χ1v) is 7.11. The summed E-state index contributed by atoms with van der Waals surface area (Å²) >= 11 is 0. The van der Waals surface area contributed by atoms with Gasteiger partial charge >= 0.3 is 0 Å². The summed E-state index contributed by atoms with van der Waals surface area (Å²) in [5.74, 6) is -0.241. The average molecular weight is 287 g/mol. The molecule has 2 aromatic rings. The van der Waals surface area contributed by atoms with E-state index in [1.807, 2.05) is 33.0 Å². The molecule has 5 nitrogen and oxygen atoms in total. The number of amides is 1. The minimum Gasteiger partial charge on any atom is -0.507 e. The molecule has 0 radical (unpaired) electrons. The zero-order valence-corrected chi connectivity index (χ0v) is 12.6. The fourth-order valence-corrected chi connectivity index (χ4v) is 2.25. The second kappa shape index (κ2) is 6.43. The summed E-state index contributed by atoms with van der Waals surface area (Å²) in [6.45, 7) is 3.95. The number of phenols is 1. The fourth-order valence-electron chi connectivity index (χ4n) is 2.25. The van der Waals surface area contributed by atoms with Gasteiger partial charge in [-0.2, -0.15) is 5.10 Å². The van der Waals surface area contributed by atoms with Gasteiger partial charge in [0.1, 0.15) is 5.75 Å². The molecule has 0 aliphatic carbocycles. The lowest BCUT2D eigenvalue weighted by Crippen LogP contribution is -2.34. The van der Waals surface area contributed by atoms with Crippen molar-refractivity contribution in [3.8, 4) is 5.75 Å². The number of phenolic OH excluding ortho intramolecular Hbond substituents is 1. The number of nitrogens with zero attached hydrogens (tertiary/aromatic N) is 2. The molecule has 112 valence electrons. The quantitative estimate of drug-likeness (QED) is 0.884. The predicted octanol–water partition coefficient (Wildman–Crippen LogP) is 2.05. The molecular formula is C16H21N3O2. The van der Waals surface area contributed by atoms with E-state index in [0.29, 0.717) is 12.0 Å². The van der Waals surface area contributed by atoms with Crippen molar-refractivity contribution in [2.24, 2.45) is 7.05 Å². The van der Waals surface area contributed by atoms with E-state index in [-0.39, 0.29) is 17.7 Å². The Hall–Kier alpha value is -2.30. The minimum atomic E-state index is -0.252. The molecular weight excluding hydrogens is 266 g/mol. The number of carbonyl (C=O) groups excluding carboxylic acids is 1. The molecule has 21 heavy (non-hydrogen) atoms. The molecule has 0 fully saturated rings. The van der Waals surface area contributed by atoms with Crippen molar-refractivity contribution in [1.82, 2.24) is 15.1 Å². The molecule has 1 atom stereocenters. The van der Waals surface area contributed by atoms with E-state index in [2.05, 4.69) is 10.4 Å². The monoisotopic (exact) mass is 287 g/mol. The Kier molecular flexibility index (Phi) is 4.62. The Bertz CT molecular complexity index is 634. The molecule has 0 bridgehead atoms. The van der Waals surface area contributed by atoms with Crippen LogP contribution in [0.25, 0.3) is 0 Å². The number of nitrogens with one attached hydrogen (secondary N) is 1. The number of hydrogen-bond donors (Lipinski definition) is 2. The van der Waals surface area contributed by atoms with Crippen LogP contribution in [-0.4, -0.2) is 26.8 Å². The second-order valence-corrected chi connectivity index (χ2v) is 5.23. The number of rotatable bonds is 5. The Morgan fingerprint density at radius 2 is 2.19 bits per heavy atom. The summed E-state index contributed by atoms with van der Waals surface area (Å²) < 4.78 is 1.79. The molecule has 2 N–H and O–H groups in total. The maximum Gasteiger partial charge on any atom is 0.255 e. The molecule has 0 aliphatic heterocycles. The predicted molar refractivity (Wildman–Crippen MR) is 81.3 cm³/mol. The number of benzene rings is 1. The molecule has 1 heterocycles. The van der Waals surface area contributed by atoms with Gasteiger partial charge in [0.25, 0.3) is 5.91 Å². The zero-order chi connectivity index (χ0) is 15.4. The summed E-state index contributed by atoms with van der Waals surface area (Å²) in [4.78, 5) is 12.3. The third-order valence-corrected chi connectivity index (χ3v) is 3.53. The number of aromatic nitrogens is 2. The van der Waals surface area contributed by atoms with Gasteiger partial charge in [-0.3, -0.25) is 9.48 Å². The first-order chi connectivity index (χ1) is 10.0. The molecule has 5 heteroatoms. The van der Waals surface area contributed by atoms with Gasteiger partial charge in [0.05, 0.1) is 5.56 Å². The van der Waals surface area contributed by atoms with E-state index < -0.39 is 0 Å². The molecule has 1 aromatic heterocycles. The molecule has 0 saturated carbocycles. The summed E-state index contributed by atoms with van der Waals surface area (Å²) in [5, 5.41) is 16.9. The van der Waals surface area contributed by atoms with Crippen molar-refractivity contribution in [2.75, 3.05) is 0 Å². The van der Waals surface area contributed by atoms with Crippen molar-refractivity contribution in [3.63, 3.8) is 0 Å². The maximum atomic E-state index is 12.3. The normalized spacial score (nSPS) is 12.1. The summed E-state index contributed by atoms with van der Waals surface area (Å²) in [7, 11) is 1.88. The van der Waals surface area contributed by atoms with E-state index in [4.69, 9.17) is 0 Å². The highest BCUT2D eigenvalue weighted by atomic mass is 16.3. The average Bonchev–Trinajstić information content (AvgIpc) is 2.84. The van der Waals surface area contributed by atoms with Gasteiger partial charge in [-0.25, -0.2) is 0 Å².